The second-order valence-electron chi connectivity index (χ2n) is 7.39. The number of methoxy groups -OCH3 is 1. The number of thioether (sulfide) groups is 1. The highest BCUT2D eigenvalue weighted by atomic mass is 32.2. The van der Waals surface area contributed by atoms with E-state index in [9.17, 15) is 4.39 Å². The van der Waals surface area contributed by atoms with Crippen molar-refractivity contribution in [3.8, 4) is 28.5 Å². The average Bonchev–Trinajstić information content (AvgIpc) is 3.51. The van der Waals surface area contributed by atoms with Crippen LogP contribution >= 0.6 is 11.8 Å². The van der Waals surface area contributed by atoms with Gasteiger partial charge in [0.1, 0.15) is 11.6 Å². The summed E-state index contributed by atoms with van der Waals surface area (Å²) in [6, 6.07) is 23.8. The van der Waals surface area contributed by atoms with Gasteiger partial charge in [-0.2, -0.15) is 4.98 Å². The number of halogens is 1. The Morgan fingerprint density at radius 1 is 0.941 bits per heavy atom. The Morgan fingerprint density at radius 3 is 2.50 bits per heavy atom. The summed E-state index contributed by atoms with van der Waals surface area (Å²) in [6.07, 6.45) is 0. The van der Waals surface area contributed by atoms with Crippen LogP contribution in [-0.4, -0.2) is 32.0 Å². The summed E-state index contributed by atoms with van der Waals surface area (Å²) in [5, 5.41) is 13.6. The fourth-order valence-electron chi connectivity index (χ4n) is 3.50. The van der Waals surface area contributed by atoms with Gasteiger partial charge in [0.15, 0.2) is 11.0 Å². The molecule has 0 aliphatic carbocycles. The molecule has 7 nitrogen and oxygen atoms in total. The van der Waals surface area contributed by atoms with Crippen LogP contribution in [0, 0.1) is 5.82 Å². The Balaban J connectivity index is 1.40. The molecule has 0 fully saturated rings. The van der Waals surface area contributed by atoms with Gasteiger partial charge >= 0.3 is 0 Å². The van der Waals surface area contributed by atoms with E-state index in [1.165, 1.54) is 23.9 Å². The first-order valence-electron chi connectivity index (χ1n) is 10.5. The Labute approximate surface area is 199 Å². The van der Waals surface area contributed by atoms with Crippen molar-refractivity contribution in [3.05, 3.63) is 96.1 Å². The normalized spacial score (nSPS) is 11.0. The van der Waals surface area contributed by atoms with Crippen molar-refractivity contribution in [2.45, 2.75) is 17.5 Å². The molecule has 0 spiro atoms. The molecule has 2 heterocycles. The van der Waals surface area contributed by atoms with Crippen LogP contribution in [0.3, 0.4) is 0 Å². The lowest BCUT2D eigenvalue weighted by molar-refractivity contribution is 0.390. The van der Waals surface area contributed by atoms with E-state index < -0.39 is 0 Å². The average molecular weight is 474 g/mol. The summed E-state index contributed by atoms with van der Waals surface area (Å²) in [7, 11) is 1.61. The molecule has 9 heteroatoms. The summed E-state index contributed by atoms with van der Waals surface area (Å²) in [6.45, 7) is 0.569. The lowest BCUT2D eigenvalue weighted by atomic mass is 10.2. The number of rotatable bonds is 8. The van der Waals surface area contributed by atoms with Crippen molar-refractivity contribution in [2.24, 2.45) is 0 Å². The monoisotopic (exact) mass is 473 g/mol. The minimum Gasteiger partial charge on any atom is -0.496 e. The molecule has 0 N–H and O–H groups in total. The van der Waals surface area contributed by atoms with Gasteiger partial charge in [0.05, 0.1) is 25.0 Å². The van der Waals surface area contributed by atoms with E-state index in [-0.39, 0.29) is 5.82 Å². The van der Waals surface area contributed by atoms with Gasteiger partial charge in [-0.25, -0.2) is 4.39 Å². The number of benzene rings is 3. The molecule has 2 aromatic heterocycles. The largest absolute Gasteiger partial charge is 0.496 e. The van der Waals surface area contributed by atoms with Crippen LogP contribution < -0.4 is 4.74 Å². The van der Waals surface area contributed by atoms with Crippen molar-refractivity contribution < 1.29 is 13.7 Å². The molecule has 3 aromatic carbocycles. The topological polar surface area (TPSA) is 78.9 Å². The smallest absolute Gasteiger partial charge is 0.237 e. The number of aromatic nitrogens is 5. The minimum atomic E-state index is -0.297. The Hall–Kier alpha value is -3.98. The molecule has 0 atom stereocenters. The molecule has 0 aliphatic rings. The highest BCUT2D eigenvalue weighted by Gasteiger charge is 2.18. The van der Waals surface area contributed by atoms with E-state index in [2.05, 4.69) is 20.3 Å². The van der Waals surface area contributed by atoms with Crippen LogP contribution in [0.2, 0.25) is 0 Å². The number of ether oxygens (including phenoxy) is 1. The molecule has 5 rings (SSSR count). The predicted molar refractivity (Wildman–Crippen MR) is 127 cm³/mol. The molecule has 0 amide bonds. The molecule has 0 saturated heterocycles. The van der Waals surface area contributed by atoms with Crippen molar-refractivity contribution in [2.75, 3.05) is 7.11 Å². The molecule has 5 aromatic rings. The molecular formula is C25H20FN5O2S. The third-order valence-corrected chi connectivity index (χ3v) is 6.10. The molecule has 0 unspecified atom stereocenters. The maximum atomic E-state index is 13.5. The van der Waals surface area contributed by atoms with Crippen LogP contribution in [0.4, 0.5) is 4.39 Å². The van der Waals surface area contributed by atoms with E-state index in [0.717, 1.165) is 16.7 Å². The fraction of sp³-hybridized carbons (Fsp3) is 0.120. The van der Waals surface area contributed by atoms with Crippen molar-refractivity contribution >= 4 is 11.8 Å². The number of nitrogens with zero attached hydrogens (tertiary/aromatic N) is 5. The van der Waals surface area contributed by atoms with E-state index >= 15 is 0 Å². The molecule has 170 valence electrons. The zero-order chi connectivity index (χ0) is 23.3. The van der Waals surface area contributed by atoms with Crippen molar-refractivity contribution in [1.29, 1.82) is 0 Å². The molecule has 0 bridgehead atoms. The quantitative estimate of drug-likeness (QED) is 0.276. The second kappa shape index (κ2) is 9.88. The zero-order valence-electron chi connectivity index (χ0n) is 18.3. The van der Waals surface area contributed by atoms with Gasteiger partial charge in [-0.15, -0.1) is 10.2 Å². The highest BCUT2D eigenvalue weighted by Crippen LogP contribution is 2.30. The predicted octanol–water partition coefficient (Wildman–Crippen LogP) is 5.48. The van der Waals surface area contributed by atoms with Crippen molar-refractivity contribution in [1.82, 2.24) is 24.9 Å². The van der Waals surface area contributed by atoms with E-state index in [4.69, 9.17) is 9.26 Å². The Kier molecular flexibility index (Phi) is 6.35. The summed E-state index contributed by atoms with van der Waals surface area (Å²) in [5.74, 6) is 2.38. The molecule has 34 heavy (non-hydrogen) atoms. The second-order valence-corrected chi connectivity index (χ2v) is 8.33. The van der Waals surface area contributed by atoms with Gasteiger partial charge in [0.25, 0.3) is 0 Å². The Morgan fingerprint density at radius 2 is 1.71 bits per heavy atom. The summed E-state index contributed by atoms with van der Waals surface area (Å²) in [5.41, 5.74) is 2.65. The number of hydrogen-bond donors (Lipinski definition) is 0. The molecule has 0 aliphatic heterocycles. The maximum Gasteiger partial charge on any atom is 0.237 e. The first kappa shape index (κ1) is 21.8. The summed E-state index contributed by atoms with van der Waals surface area (Å²) >= 11 is 1.44. The van der Waals surface area contributed by atoms with Gasteiger partial charge in [-0.1, -0.05) is 59.4 Å². The first-order chi connectivity index (χ1) is 16.7. The van der Waals surface area contributed by atoms with Crippen LogP contribution in [0.25, 0.3) is 22.8 Å². The van der Waals surface area contributed by atoms with Gasteiger partial charge in [-0.05, 0) is 42.0 Å². The maximum absolute atomic E-state index is 13.5. The lowest BCUT2D eigenvalue weighted by Crippen LogP contribution is -2.04. The van der Waals surface area contributed by atoms with E-state index in [1.54, 1.807) is 19.2 Å². The van der Waals surface area contributed by atoms with Gasteiger partial charge < -0.3 is 9.26 Å². The van der Waals surface area contributed by atoms with E-state index in [0.29, 0.717) is 40.7 Å². The van der Waals surface area contributed by atoms with Gasteiger partial charge in [-0.3, -0.25) is 4.57 Å². The molecule has 0 radical (unpaired) electrons. The number of para-hydroxylation sites is 1. The SMILES string of the molecule is COc1ccccc1-c1noc(CSc2nnc(-c3ccc(F)cc3)n2Cc2ccccc2)n1. The summed E-state index contributed by atoms with van der Waals surface area (Å²) < 4.78 is 26.3. The van der Waals surface area contributed by atoms with Gasteiger partial charge in [0.2, 0.25) is 11.7 Å². The van der Waals surface area contributed by atoms with Crippen LogP contribution in [0.5, 0.6) is 5.75 Å². The Bertz CT molecular complexity index is 1390. The van der Waals surface area contributed by atoms with Crippen LogP contribution in [0.1, 0.15) is 11.5 Å². The molecule has 0 saturated carbocycles. The number of hydrogen-bond acceptors (Lipinski definition) is 7. The zero-order valence-corrected chi connectivity index (χ0v) is 19.1. The summed E-state index contributed by atoms with van der Waals surface area (Å²) in [4.78, 5) is 4.51. The lowest BCUT2D eigenvalue weighted by Gasteiger charge is -2.10. The van der Waals surface area contributed by atoms with Crippen molar-refractivity contribution in [3.63, 3.8) is 0 Å². The fourth-order valence-corrected chi connectivity index (χ4v) is 4.27. The van der Waals surface area contributed by atoms with E-state index in [1.807, 2.05) is 59.2 Å². The molecular weight excluding hydrogens is 453 g/mol. The highest BCUT2D eigenvalue weighted by molar-refractivity contribution is 7.98. The third kappa shape index (κ3) is 4.69. The minimum absolute atomic E-state index is 0.297. The standard InChI is InChI=1S/C25H20FN5O2S/c1-32-21-10-6-5-9-20(21)23-27-22(33-30-23)16-34-25-29-28-24(18-11-13-19(26)14-12-18)31(25)15-17-7-3-2-4-8-17/h2-14H,15-16H2,1H3. The van der Waals surface area contributed by atoms with Crippen LogP contribution in [-0.2, 0) is 12.3 Å². The third-order valence-electron chi connectivity index (χ3n) is 5.14. The van der Waals surface area contributed by atoms with Gasteiger partial charge in [0, 0.05) is 5.56 Å². The van der Waals surface area contributed by atoms with Crippen LogP contribution in [0.15, 0.2) is 88.5 Å². The first-order valence-corrected chi connectivity index (χ1v) is 11.5.